The van der Waals surface area contributed by atoms with Crippen LogP contribution in [-0.2, 0) is 24.1 Å². The quantitative estimate of drug-likeness (QED) is 0.0291. The summed E-state index contributed by atoms with van der Waals surface area (Å²) in [5.74, 6) is 1.55. The third-order valence-corrected chi connectivity index (χ3v) is 12.0. The molecule has 5 aromatic rings. The van der Waals surface area contributed by atoms with E-state index in [2.05, 4.69) is 53.4 Å². The van der Waals surface area contributed by atoms with Gasteiger partial charge in [-0.15, -0.1) is 0 Å². The zero-order valence-electron chi connectivity index (χ0n) is 34.8. The number of aromatic nitrogens is 4. The van der Waals surface area contributed by atoms with E-state index in [-0.39, 0.29) is 48.8 Å². The maximum absolute atomic E-state index is 13.3. The van der Waals surface area contributed by atoms with Gasteiger partial charge in [-0.2, -0.15) is 10.2 Å². The summed E-state index contributed by atoms with van der Waals surface area (Å²) >= 11 is 0. The van der Waals surface area contributed by atoms with Crippen molar-refractivity contribution in [3.05, 3.63) is 112 Å². The van der Waals surface area contributed by atoms with Gasteiger partial charge in [-0.05, 0) is 68.7 Å². The van der Waals surface area contributed by atoms with Gasteiger partial charge in [0.15, 0.2) is 17.4 Å². The summed E-state index contributed by atoms with van der Waals surface area (Å²) in [7, 11) is 5.25. The number of ether oxygens (including phenoxy) is 4. The highest BCUT2D eigenvalue weighted by Gasteiger charge is 2.45. The third kappa shape index (κ3) is 9.82. The molecule has 0 bridgehead atoms. The van der Waals surface area contributed by atoms with E-state index in [1.54, 1.807) is 36.4 Å². The van der Waals surface area contributed by atoms with Crippen molar-refractivity contribution in [3.63, 3.8) is 0 Å². The zero-order valence-corrected chi connectivity index (χ0v) is 35.7. The predicted octanol–water partition coefficient (Wildman–Crippen LogP) is 7.32. The number of aromatic amines is 1. The Hall–Kier alpha value is -5.20. The van der Waals surface area contributed by atoms with Crippen LogP contribution in [0.3, 0.4) is 0 Å². The molecule has 312 valence electrons. The summed E-state index contributed by atoms with van der Waals surface area (Å²) in [6, 6.07) is 28.1. The summed E-state index contributed by atoms with van der Waals surface area (Å²) < 4.78 is 42.5. The Morgan fingerprint density at radius 3 is 2.15 bits per heavy atom. The minimum atomic E-state index is -1.68. The van der Waals surface area contributed by atoms with Crippen molar-refractivity contribution in [3.8, 4) is 17.6 Å². The number of aliphatic imine (C=N–C) groups is 1. The zero-order chi connectivity index (χ0) is 42.1. The second-order valence-corrected chi connectivity index (χ2v) is 16.2. The van der Waals surface area contributed by atoms with Gasteiger partial charge in [0.2, 0.25) is 5.95 Å². The van der Waals surface area contributed by atoms with E-state index < -0.39 is 38.1 Å². The first-order valence-corrected chi connectivity index (χ1v) is 20.7. The SMILES string of the molecule is COc1ccc(C(OCC2CC(OP(OCCC#N)N(C(C)C)C(C)C)C(n3cnc4c(=O)[nH]c(N=CN(C)C)nc43)O2)(c2ccccc2)c2ccc(OC)cc2)cc1. The Balaban J connectivity index is 1.43. The number of imidazole rings is 1. The van der Waals surface area contributed by atoms with E-state index in [9.17, 15) is 10.1 Å². The van der Waals surface area contributed by atoms with Crippen molar-refractivity contribution in [2.75, 3.05) is 41.5 Å². The Labute approximate surface area is 346 Å². The molecular formula is C43H53N8O7P. The van der Waals surface area contributed by atoms with Crippen LogP contribution >= 0.6 is 8.53 Å². The van der Waals surface area contributed by atoms with Crippen molar-refractivity contribution in [1.82, 2.24) is 29.1 Å². The maximum atomic E-state index is 13.3. The van der Waals surface area contributed by atoms with Crippen LogP contribution in [0.15, 0.2) is 95.0 Å². The van der Waals surface area contributed by atoms with Crippen LogP contribution in [0, 0.1) is 11.3 Å². The number of benzene rings is 3. The van der Waals surface area contributed by atoms with E-state index in [4.69, 9.17) is 33.0 Å². The number of nitriles is 1. The van der Waals surface area contributed by atoms with Crippen LogP contribution in [0.25, 0.3) is 11.2 Å². The number of nitrogens with one attached hydrogen (secondary N) is 1. The van der Waals surface area contributed by atoms with E-state index in [0.29, 0.717) is 17.9 Å². The second kappa shape index (κ2) is 19.7. The molecule has 1 aliphatic heterocycles. The fourth-order valence-corrected chi connectivity index (χ4v) is 8.92. The molecule has 3 aromatic carbocycles. The number of hydrogen-bond donors (Lipinski definition) is 1. The fourth-order valence-electron chi connectivity index (χ4n) is 7.20. The van der Waals surface area contributed by atoms with Crippen molar-refractivity contribution < 1.29 is 28.0 Å². The maximum Gasteiger partial charge on any atom is 0.280 e. The minimum absolute atomic E-state index is 0.0648. The lowest BCUT2D eigenvalue weighted by Gasteiger charge is -2.37. The summed E-state index contributed by atoms with van der Waals surface area (Å²) in [6.45, 7) is 8.67. The van der Waals surface area contributed by atoms with Gasteiger partial charge in [0.25, 0.3) is 14.1 Å². The molecule has 0 saturated carbocycles. The lowest BCUT2D eigenvalue weighted by molar-refractivity contribution is -0.0839. The first kappa shape index (κ1) is 43.4. The summed E-state index contributed by atoms with van der Waals surface area (Å²) in [4.78, 5) is 31.2. The molecule has 1 fully saturated rings. The third-order valence-electron chi connectivity index (χ3n) is 9.80. The molecule has 0 radical (unpaired) electrons. The van der Waals surface area contributed by atoms with E-state index >= 15 is 0 Å². The van der Waals surface area contributed by atoms with E-state index in [0.717, 1.165) is 16.7 Å². The number of fused-ring (bicyclic) bond motifs is 1. The van der Waals surface area contributed by atoms with E-state index in [1.807, 2.05) is 93.0 Å². The summed E-state index contributed by atoms with van der Waals surface area (Å²) in [5, 5.41) is 9.38. The molecule has 0 spiro atoms. The van der Waals surface area contributed by atoms with Gasteiger partial charge in [-0.1, -0.05) is 54.6 Å². The Morgan fingerprint density at radius 2 is 1.59 bits per heavy atom. The van der Waals surface area contributed by atoms with E-state index in [1.165, 1.54) is 0 Å². The molecular weight excluding hydrogens is 771 g/mol. The number of methoxy groups -OCH3 is 2. The minimum Gasteiger partial charge on any atom is -0.497 e. The van der Waals surface area contributed by atoms with Crippen molar-refractivity contribution in [2.45, 2.75) is 76.7 Å². The molecule has 0 aliphatic carbocycles. The lowest BCUT2D eigenvalue weighted by Crippen LogP contribution is -2.36. The van der Waals surface area contributed by atoms with Crippen LogP contribution in [0.1, 0.15) is 63.5 Å². The molecule has 1 aliphatic rings. The normalized spacial score (nSPS) is 17.6. The van der Waals surface area contributed by atoms with Crippen LogP contribution in [-0.4, -0.2) is 101 Å². The summed E-state index contributed by atoms with van der Waals surface area (Å²) in [5.41, 5.74) is 1.57. The average Bonchev–Trinajstić information content (AvgIpc) is 3.84. The highest BCUT2D eigenvalue weighted by Crippen LogP contribution is 2.51. The van der Waals surface area contributed by atoms with Crippen LogP contribution in [0.2, 0.25) is 0 Å². The number of hydrogen-bond acceptors (Lipinski definition) is 12. The van der Waals surface area contributed by atoms with Crippen LogP contribution < -0.4 is 15.0 Å². The topological polar surface area (TPSA) is 162 Å². The molecule has 0 amide bonds. The highest BCUT2D eigenvalue weighted by molar-refractivity contribution is 7.44. The predicted molar refractivity (Wildman–Crippen MR) is 227 cm³/mol. The second-order valence-electron chi connectivity index (χ2n) is 14.8. The first-order valence-electron chi connectivity index (χ1n) is 19.6. The van der Waals surface area contributed by atoms with Crippen molar-refractivity contribution >= 4 is 32.0 Å². The molecule has 1 N–H and O–H groups in total. The Kier molecular flexibility index (Phi) is 14.5. The fraction of sp³-hybridized carbons (Fsp3) is 0.419. The van der Waals surface area contributed by atoms with Gasteiger partial charge in [0, 0.05) is 32.6 Å². The summed E-state index contributed by atoms with van der Waals surface area (Å²) in [6.07, 6.45) is 1.77. The molecule has 4 unspecified atom stereocenters. The van der Waals surface area contributed by atoms with Gasteiger partial charge in [-0.25, -0.2) is 14.6 Å². The molecule has 6 rings (SSSR count). The Bertz CT molecular complexity index is 2190. The lowest BCUT2D eigenvalue weighted by atomic mass is 9.80. The standard InChI is InChI=1S/C43H53N8O7P/c1-29(2)51(30(3)4)59(56-24-12-23-44)58-37-25-36(57-41(37)50-28-45-38-39(50)47-42(48-40(38)52)46-27-49(5)6)26-55-43(31-13-10-9-11-14-31,32-15-19-34(53-7)20-16-32)33-17-21-35(54-8)22-18-33/h9-11,13-22,27-30,36-37,41H,12,24-26H2,1-8H3,(H,47,48,52). The van der Waals surface area contributed by atoms with Crippen molar-refractivity contribution in [2.24, 2.45) is 4.99 Å². The van der Waals surface area contributed by atoms with Gasteiger partial charge in [0.05, 0.1) is 58.7 Å². The molecule has 2 aromatic heterocycles. The van der Waals surface area contributed by atoms with Crippen LogP contribution in [0.4, 0.5) is 5.95 Å². The molecule has 16 heteroatoms. The molecule has 15 nitrogen and oxygen atoms in total. The smallest absolute Gasteiger partial charge is 0.280 e. The van der Waals surface area contributed by atoms with Crippen LogP contribution in [0.5, 0.6) is 11.5 Å². The number of rotatable bonds is 19. The first-order chi connectivity index (χ1) is 28.5. The molecule has 1 saturated heterocycles. The van der Waals surface area contributed by atoms with Crippen molar-refractivity contribution in [1.29, 1.82) is 5.26 Å². The van der Waals surface area contributed by atoms with Gasteiger partial charge in [-0.3, -0.25) is 14.3 Å². The highest BCUT2D eigenvalue weighted by atomic mass is 31.2. The monoisotopic (exact) mass is 824 g/mol. The number of nitrogens with zero attached hydrogens (tertiary/aromatic N) is 7. The molecule has 4 atom stereocenters. The average molecular weight is 825 g/mol. The number of H-pyrrole nitrogens is 1. The van der Waals surface area contributed by atoms with Gasteiger partial charge < -0.3 is 32.9 Å². The van der Waals surface area contributed by atoms with Gasteiger partial charge >= 0.3 is 0 Å². The molecule has 59 heavy (non-hydrogen) atoms. The van der Waals surface area contributed by atoms with Gasteiger partial charge in [0.1, 0.15) is 23.2 Å². The Morgan fingerprint density at radius 1 is 0.983 bits per heavy atom. The largest absolute Gasteiger partial charge is 0.497 e. The molecule has 3 heterocycles.